The first-order valence-electron chi connectivity index (χ1n) is 10.6. The molecule has 1 aliphatic rings. The predicted molar refractivity (Wildman–Crippen MR) is 137 cm³/mol. The highest BCUT2D eigenvalue weighted by Crippen LogP contribution is 2.44. The number of nitro benzene ring substituents is 1. The number of ether oxygens (including phenoxy) is 1. The van der Waals surface area contributed by atoms with Crippen LogP contribution in [0.1, 0.15) is 23.5 Å². The van der Waals surface area contributed by atoms with Crippen molar-refractivity contribution in [3.63, 3.8) is 0 Å². The first-order valence-corrected chi connectivity index (χ1v) is 11.4. The quantitative estimate of drug-likeness (QED) is 0.191. The number of nitro groups is 1. The lowest BCUT2D eigenvalue weighted by Crippen LogP contribution is -2.29. The molecule has 0 aliphatic carbocycles. The predicted octanol–water partition coefficient (Wildman–Crippen LogP) is 6.09. The number of hydrogen-bond donors (Lipinski definition) is 1. The lowest BCUT2D eigenvalue weighted by atomic mass is 10.0. The van der Waals surface area contributed by atoms with Gasteiger partial charge in [0.2, 0.25) is 0 Å². The number of pyridine rings is 1. The molecule has 0 amide bonds. The topological polar surface area (TPSA) is 93.7 Å². The van der Waals surface area contributed by atoms with Gasteiger partial charge in [0, 0.05) is 29.6 Å². The number of benzene rings is 2. The molecule has 0 saturated carbocycles. The number of furan rings is 1. The number of rotatable bonds is 6. The molecular weight excluding hydrogens is 488 g/mol. The van der Waals surface area contributed by atoms with Gasteiger partial charge in [0.1, 0.15) is 23.3 Å². The van der Waals surface area contributed by atoms with Crippen molar-refractivity contribution in [2.75, 3.05) is 12.0 Å². The van der Waals surface area contributed by atoms with E-state index in [9.17, 15) is 10.1 Å². The van der Waals surface area contributed by atoms with Crippen molar-refractivity contribution in [2.45, 2.75) is 12.1 Å². The van der Waals surface area contributed by atoms with Crippen LogP contribution < -0.4 is 15.0 Å². The zero-order valence-electron chi connectivity index (χ0n) is 18.4. The molecule has 5 rings (SSSR count). The van der Waals surface area contributed by atoms with Crippen LogP contribution in [0.25, 0.3) is 11.3 Å². The first kappa shape index (κ1) is 22.8. The van der Waals surface area contributed by atoms with Crippen LogP contribution in [-0.4, -0.2) is 22.1 Å². The molecule has 8 nitrogen and oxygen atoms in total. The van der Waals surface area contributed by atoms with E-state index in [-0.39, 0.29) is 11.7 Å². The molecule has 0 radical (unpaired) electrons. The molecule has 10 heteroatoms. The van der Waals surface area contributed by atoms with Crippen molar-refractivity contribution in [1.82, 2.24) is 10.3 Å². The lowest BCUT2D eigenvalue weighted by molar-refractivity contribution is -0.384. The monoisotopic (exact) mass is 506 g/mol. The number of hydrogen-bond acceptors (Lipinski definition) is 6. The molecule has 0 bridgehead atoms. The van der Waals surface area contributed by atoms with Gasteiger partial charge < -0.3 is 19.4 Å². The fourth-order valence-electron chi connectivity index (χ4n) is 4.17. The molecule has 0 spiro atoms. The summed E-state index contributed by atoms with van der Waals surface area (Å²) in [6, 6.07) is 20.4. The van der Waals surface area contributed by atoms with Gasteiger partial charge in [-0.1, -0.05) is 29.8 Å². The van der Waals surface area contributed by atoms with Gasteiger partial charge in [-0.15, -0.1) is 0 Å². The van der Waals surface area contributed by atoms with Crippen LogP contribution in [0.15, 0.2) is 83.4 Å². The van der Waals surface area contributed by atoms with Crippen molar-refractivity contribution in [3.05, 3.63) is 106 Å². The second-order valence-corrected chi connectivity index (χ2v) is 8.62. The van der Waals surface area contributed by atoms with E-state index in [1.807, 2.05) is 35.2 Å². The molecule has 1 aliphatic heterocycles. The Kier molecular flexibility index (Phi) is 6.10. The Labute approximate surface area is 211 Å². The zero-order valence-corrected chi connectivity index (χ0v) is 20.0. The first-order chi connectivity index (χ1) is 17.0. The van der Waals surface area contributed by atoms with Crippen LogP contribution in [0.2, 0.25) is 5.02 Å². The van der Waals surface area contributed by atoms with Crippen molar-refractivity contribution in [1.29, 1.82) is 0 Å². The van der Waals surface area contributed by atoms with E-state index in [1.54, 1.807) is 43.6 Å². The number of methoxy groups -OCH3 is 1. The van der Waals surface area contributed by atoms with E-state index < -0.39 is 11.0 Å². The molecular formula is C25H19ClN4O4S. The zero-order chi connectivity index (χ0) is 24.5. The number of nitrogens with zero attached hydrogens (tertiary/aromatic N) is 3. The summed E-state index contributed by atoms with van der Waals surface area (Å²) >= 11 is 12.1. The summed E-state index contributed by atoms with van der Waals surface area (Å²) < 4.78 is 11.6. The average Bonchev–Trinajstić information content (AvgIpc) is 3.49. The van der Waals surface area contributed by atoms with Crippen LogP contribution in [0, 0.1) is 10.1 Å². The van der Waals surface area contributed by atoms with E-state index in [4.69, 9.17) is 33.0 Å². The van der Waals surface area contributed by atoms with Gasteiger partial charge in [-0.2, -0.15) is 0 Å². The number of halogens is 1. The summed E-state index contributed by atoms with van der Waals surface area (Å²) in [7, 11) is 1.56. The van der Waals surface area contributed by atoms with Crippen molar-refractivity contribution in [3.8, 4) is 17.1 Å². The Bertz CT molecular complexity index is 1410. The summed E-state index contributed by atoms with van der Waals surface area (Å²) in [4.78, 5) is 17.3. The van der Waals surface area contributed by atoms with Crippen LogP contribution in [-0.2, 0) is 0 Å². The van der Waals surface area contributed by atoms with E-state index in [0.717, 1.165) is 11.4 Å². The highest BCUT2D eigenvalue weighted by molar-refractivity contribution is 7.80. The average molecular weight is 507 g/mol. The fourth-order valence-corrected chi connectivity index (χ4v) is 4.76. The molecule has 2 atom stereocenters. The Morgan fingerprint density at radius 3 is 2.71 bits per heavy atom. The maximum absolute atomic E-state index is 11.2. The third-order valence-electron chi connectivity index (χ3n) is 5.77. The number of thiocarbonyl (C=S) groups is 1. The minimum Gasteiger partial charge on any atom is -0.495 e. The molecule has 2 aromatic heterocycles. The van der Waals surface area contributed by atoms with Crippen LogP contribution in [0.4, 0.5) is 11.4 Å². The van der Waals surface area contributed by atoms with Crippen molar-refractivity contribution in [2.24, 2.45) is 0 Å². The normalized spacial score (nSPS) is 17.3. The van der Waals surface area contributed by atoms with E-state index in [2.05, 4.69) is 10.3 Å². The number of anilines is 1. The molecule has 2 unspecified atom stereocenters. The van der Waals surface area contributed by atoms with Gasteiger partial charge in [-0.05, 0) is 54.7 Å². The van der Waals surface area contributed by atoms with E-state index in [1.165, 1.54) is 12.1 Å². The Balaban J connectivity index is 1.59. The molecule has 35 heavy (non-hydrogen) atoms. The molecule has 2 aromatic carbocycles. The maximum Gasteiger partial charge on any atom is 0.270 e. The summed E-state index contributed by atoms with van der Waals surface area (Å²) in [6.45, 7) is 0. The number of aromatic nitrogens is 1. The third-order valence-corrected chi connectivity index (χ3v) is 6.38. The highest BCUT2D eigenvalue weighted by atomic mass is 35.5. The molecule has 1 fully saturated rings. The maximum atomic E-state index is 11.2. The Morgan fingerprint density at radius 1 is 1.14 bits per heavy atom. The molecule has 176 valence electrons. The standard InChI is InChI=1S/C25H19ClN4O4S/c1-33-21-9-8-16(14-18(21)26)29-24(23(28-25(29)35)19-7-2-3-12-27-19)22-11-10-20(34-22)15-5-4-6-17(13-15)30(31)32/h2-14,23-24H,1H3,(H,28,35). The van der Waals surface area contributed by atoms with Gasteiger partial charge in [0.05, 0.1) is 28.8 Å². The number of non-ortho nitro benzene ring substituents is 1. The summed E-state index contributed by atoms with van der Waals surface area (Å²) in [5, 5.41) is 15.5. The second-order valence-electron chi connectivity index (χ2n) is 7.82. The van der Waals surface area contributed by atoms with Gasteiger partial charge in [-0.3, -0.25) is 15.1 Å². The summed E-state index contributed by atoms with van der Waals surface area (Å²) in [6.07, 6.45) is 1.72. The van der Waals surface area contributed by atoms with E-state index in [0.29, 0.717) is 33.0 Å². The molecule has 1 N–H and O–H groups in total. The Hall–Kier alpha value is -3.95. The minimum absolute atomic E-state index is 0.00924. The summed E-state index contributed by atoms with van der Waals surface area (Å²) in [5.41, 5.74) is 2.14. The fraction of sp³-hybridized carbons (Fsp3) is 0.120. The van der Waals surface area contributed by atoms with Gasteiger partial charge in [0.25, 0.3) is 5.69 Å². The third kappa shape index (κ3) is 4.31. The van der Waals surface area contributed by atoms with Crippen molar-refractivity contribution >= 4 is 40.3 Å². The molecule has 1 saturated heterocycles. The minimum atomic E-state index is -0.432. The lowest BCUT2D eigenvalue weighted by Gasteiger charge is -2.26. The van der Waals surface area contributed by atoms with Crippen LogP contribution >= 0.6 is 23.8 Å². The summed E-state index contributed by atoms with van der Waals surface area (Å²) in [5.74, 6) is 1.67. The van der Waals surface area contributed by atoms with Crippen LogP contribution in [0.3, 0.4) is 0 Å². The second kappa shape index (κ2) is 9.36. The van der Waals surface area contributed by atoms with Gasteiger partial charge in [-0.25, -0.2) is 0 Å². The SMILES string of the molecule is COc1ccc(N2C(=S)NC(c3ccccn3)C2c2ccc(-c3cccc([N+](=O)[O-])c3)o2)cc1Cl. The molecule has 4 aromatic rings. The molecule has 3 heterocycles. The van der Waals surface area contributed by atoms with E-state index >= 15 is 0 Å². The highest BCUT2D eigenvalue weighted by Gasteiger charge is 2.42. The van der Waals surface area contributed by atoms with Crippen molar-refractivity contribution < 1.29 is 14.1 Å². The van der Waals surface area contributed by atoms with Gasteiger partial charge in [0.15, 0.2) is 5.11 Å². The number of nitrogens with one attached hydrogen (secondary N) is 1. The largest absolute Gasteiger partial charge is 0.495 e. The smallest absolute Gasteiger partial charge is 0.270 e. The Morgan fingerprint density at radius 2 is 2.00 bits per heavy atom. The van der Waals surface area contributed by atoms with Gasteiger partial charge >= 0.3 is 0 Å². The van der Waals surface area contributed by atoms with Crippen LogP contribution in [0.5, 0.6) is 5.75 Å².